The van der Waals surface area contributed by atoms with E-state index in [1.165, 1.54) is 11.3 Å². The number of fused-ring (bicyclic) bond motifs is 1. The third-order valence-corrected chi connectivity index (χ3v) is 4.85. The Morgan fingerprint density at radius 1 is 1.22 bits per heavy atom. The van der Waals surface area contributed by atoms with Crippen molar-refractivity contribution >= 4 is 11.3 Å². The van der Waals surface area contributed by atoms with E-state index < -0.39 is 0 Å². The normalized spacial score (nSPS) is 14.3. The number of methoxy groups -OCH3 is 1. The number of hydrogen-bond acceptors (Lipinski definition) is 5. The van der Waals surface area contributed by atoms with Crippen LogP contribution in [0.5, 0.6) is 0 Å². The highest BCUT2D eigenvalue weighted by Crippen LogP contribution is 2.26. The first-order chi connectivity index (χ1) is 11.3. The van der Waals surface area contributed by atoms with Gasteiger partial charge >= 0.3 is 0 Å². The molecule has 0 spiro atoms. The van der Waals surface area contributed by atoms with Gasteiger partial charge in [0.05, 0.1) is 29.9 Å². The van der Waals surface area contributed by atoms with Gasteiger partial charge in [-0.3, -0.25) is 4.90 Å². The lowest BCUT2D eigenvalue weighted by Crippen LogP contribution is -2.17. The van der Waals surface area contributed by atoms with Crippen LogP contribution in [0.15, 0.2) is 41.9 Å². The van der Waals surface area contributed by atoms with E-state index in [9.17, 15) is 0 Å². The van der Waals surface area contributed by atoms with E-state index in [-0.39, 0.29) is 0 Å². The summed E-state index contributed by atoms with van der Waals surface area (Å²) in [4.78, 5) is 7.02. The monoisotopic (exact) mass is 326 g/mol. The lowest BCUT2D eigenvalue weighted by Gasteiger charge is -2.14. The summed E-state index contributed by atoms with van der Waals surface area (Å²) in [5.41, 5.74) is 4.82. The molecule has 0 aliphatic carbocycles. The maximum Gasteiger partial charge on any atom is 0.119 e. The number of aromatic nitrogens is 3. The van der Waals surface area contributed by atoms with Gasteiger partial charge in [-0.1, -0.05) is 18.2 Å². The number of para-hydroxylation sites is 1. The van der Waals surface area contributed by atoms with Gasteiger partial charge < -0.3 is 4.74 Å². The Morgan fingerprint density at radius 3 is 2.91 bits per heavy atom. The van der Waals surface area contributed by atoms with Crippen LogP contribution >= 0.6 is 11.3 Å². The number of benzene rings is 1. The van der Waals surface area contributed by atoms with Gasteiger partial charge in [-0.2, -0.15) is 5.10 Å². The van der Waals surface area contributed by atoms with Gasteiger partial charge in [0.2, 0.25) is 0 Å². The van der Waals surface area contributed by atoms with Crippen LogP contribution in [-0.2, 0) is 31.0 Å². The largest absolute Gasteiger partial charge is 0.378 e. The Kier molecular flexibility index (Phi) is 3.95. The molecule has 0 unspecified atom stereocenters. The van der Waals surface area contributed by atoms with E-state index in [2.05, 4.69) is 32.5 Å². The molecule has 4 rings (SSSR count). The third-order valence-electron chi connectivity index (χ3n) is 3.98. The quantitative estimate of drug-likeness (QED) is 0.723. The van der Waals surface area contributed by atoms with Crippen molar-refractivity contribution in [3.63, 3.8) is 0 Å². The standard InChI is InChI=1S/C17H18N4OS/c1-22-11-17-19-14(12-23-17)9-20-8-13-7-18-21(16(13)10-20)15-5-3-2-4-6-15/h2-7,12H,8-11H2,1H3. The molecular weight excluding hydrogens is 308 g/mol. The van der Waals surface area contributed by atoms with Crippen molar-refractivity contribution < 1.29 is 4.74 Å². The fourth-order valence-corrected chi connectivity index (χ4v) is 3.72. The molecule has 5 nitrogen and oxygen atoms in total. The van der Waals surface area contributed by atoms with E-state index in [0.29, 0.717) is 6.61 Å². The van der Waals surface area contributed by atoms with Gasteiger partial charge in [0.25, 0.3) is 0 Å². The Hall–Kier alpha value is -2.02. The summed E-state index contributed by atoms with van der Waals surface area (Å²) in [6, 6.07) is 10.3. The molecule has 0 fully saturated rings. The van der Waals surface area contributed by atoms with Gasteiger partial charge in [0, 0.05) is 37.7 Å². The van der Waals surface area contributed by atoms with E-state index in [4.69, 9.17) is 4.74 Å². The van der Waals surface area contributed by atoms with E-state index in [0.717, 1.165) is 36.0 Å². The maximum atomic E-state index is 5.14. The first kappa shape index (κ1) is 14.6. The highest BCUT2D eigenvalue weighted by atomic mass is 32.1. The Bertz CT molecular complexity index is 796. The zero-order valence-electron chi connectivity index (χ0n) is 13.0. The van der Waals surface area contributed by atoms with E-state index in [1.807, 2.05) is 29.1 Å². The summed E-state index contributed by atoms with van der Waals surface area (Å²) in [5.74, 6) is 0. The summed E-state index contributed by atoms with van der Waals surface area (Å²) in [5, 5.41) is 7.70. The van der Waals surface area contributed by atoms with Gasteiger partial charge in [-0.25, -0.2) is 9.67 Å². The van der Waals surface area contributed by atoms with Gasteiger partial charge in [-0.05, 0) is 12.1 Å². The summed E-state index contributed by atoms with van der Waals surface area (Å²) in [7, 11) is 1.70. The number of ether oxygens (including phenoxy) is 1. The SMILES string of the molecule is COCc1nc(CN2Cc3cnn(-c4ccccc4)c3C2)cs1. The second kappa shape index (κ2) is 6.23. The third kappa shape index (κ3) is 2.93. The number of rotatable bonds is 5. The van der Waals surface area contributed by atoms with Crippen molar-refractivity contribution in [3.8, 4) is 5.69 Å². The molecule has 3 aromatic rings. The van der Waals surface area contributed by atoms with Crippen LogP contribution in [-0.4, -0.2) is 26.8 Å². The van der Waals surface area contributed by atoms with Crippen LogP contribution in [0.4, 0.5) is 0 Å². The summed E-state index contributed by atoms with van der Waals surface area (Å²) in [6.07, 6.45) is 1.99. The molecule has 0 saturated heterocycles. The predicted octanol–water partition coefficient (Wildman–Crippen LogP) is 2.99. The number of nitrogens with zero attached hydrogens (tertiary/aromatic N) is 4. The number of hydrogen-bond donors (Lipinski definition) is 0. The van der Waals surface area contributed by atoms with Crippen LogP contribution in [0, 0.1) is 0 Å². The van der Waals surface area contributed by atoms with Crippen LogP contribution in [0.1, 0.15) is 22.0 Å². The van der Waals surface area contributed by atoms with Crippen LogP contribution in [0.2, 0.25) is 0 Å². The first-order valence-electron chi connectivity index (χ1n) is 7.59. The zero-order valence-corrected chi connectivity index (χ0v) is 13.8. The molecule has 1 aliphatic heterocycles. The van der Waals surface area contributed by atoms with Gasteiger partial charge in [0.15, 0.2) is 0 Å². The molecule has 1 aromatic carbocycles. The molecule has 118 valence electrons. The topological polar surface area (TPSA) is 43.2 Å². The van der Waals surface area contributed by atoms with Crippen molar-refractivity contribution in [2.75, 3.05) is 7.11 Å². The molecule has 0 bridgehead atoms. The molecule has 2 aromatic heterocycles. The van der Waals surface area contributed by atoms with Crippen molar-refractivity contribution in [2.45, 2.75) is 26.2 Å². The molecule has 0 N–H and O–H groups in total. The second-order valence-electron chi connectivity index (χ2n) is 5.67. The molecule has 3 heterocycles. The fraction of sp³-hybridized carbons (Fsp3) is 0.294. The minimum atomic E-state index is 0.591. The van der Waals surface area contributed by atoms with Crippen LogP contribution in [0.25, 0.3) is 5.69 Å². The molecule has 6 heteroatoms. The highest BCUT2D eigenvalue weighted by Gasteiger charge is 2.24. The summed E-state index contributed by atoms with van der Waals surface area (Å²) >= 11 is 1.66. The lowest BCUT2D eigenvalue weighted by atomic mass is 10.3. The maximum absolute atomic E-state index is 5.14. The van der Waals surface area contributed by atoms with Crippen molar-refractivity contribution in [3.05, 3.63) is 63.9 Å². The lowest BCUT2D eigenvalue weighted by molar-refractivity contribution is 0.184. The Labute approximate surface area is 139 Å². The average Bonchev–Trinajstić information content (AvgIpc) is 3.25. The molecule has 0 amide bonds. The predicted molar refractivity (Wildman–Crippen MR) is 89.3 cm³/mol. The summed E-state index contributed by atoms with van der Waals surface area (Å²) in [6.45, 7) is 3.29. The van der Waals surface area contributed by atoms with E-state index in [1.54, 1.807) is 18.4 Å². The molecular formula is C17H18N4OS. The highest BCUT2D eigenvalue weighted by molar-refractivity contribution is 7.09. The number of thiazole rings is 1. The van der Waals surface area contributed by atoms with Crippen LogP contribution in [0.3, 0.4) is 0 Å². The fourth-order valence-electron chi connectivity index (χ4n) is 2.96. The minimum Gasteiger partial charge on any atom is -0.378 e. The van der Waals surface area contributed by atoms with Crippen molar-refractivity contribution in [2.24, 2.45) is 0 Å². The summed E-state index contributed by atoms with van der Waals surface area (Å²) < 4.78 is 7.19. The van der Waals surface area contributed by atoms with Crippen molar-refractivity contribution in [1.29, 1.82) is 0 Å². The molecule has 23 heavy (non-hydrogen) atoms. The van der Waals surface area contributed by atoms with Crippen LogP contribution < -0.4 is 0 Å². The Morgan fingerprint density at radius 2 is 2.09 bits per heavy atom. The minimum absolute atomic E-state index is 0.591. The first-order valence-corrected chi connectivity index (χ1v) is 8.47. The Balaban J connectivity index is 1.49. The smallest absolute Gasteiger partial charge is 0.119 e. The molecule has 1 aliphatic rings. The van der Waals surface area contributed by atoms with Gasteiger partial charge in [-0.15, -0.1) is 11.3 Å². The molecule has 0 radical (unpaired) electrons. The van der Waals surface area contributed by atoms with Crippen molar-refractivity contribution in [1.82, 2.24) is 19.7 Å². The van der Waals surface area contributed by atoms with E-state index >= 15 is 0 Å². The molecule has 0 saturated carbocycles. The zero-order chi connectivity index (χ0) is 15.6. The second-order valence-corrected chi connectivity index (χ2v) is 6.62. The van der Waals surface area contributed by atoms with Gasteiger partial charge in [0.1, 0.15) is 5.01 Å². The molecule has 0 atom stereocenters. The average molecular weight is 326 g/mol.